The number of hydrogen-bond acceptors (Lipinski definition) is 9. The third-order valence-electron chi connectivity index (χ3n) is 11.1. The number of fused-ring (bicyclic) bond motifs is 4. The Labute approximate surface area is 340 Å². The number of thiol groups is 1. The molecule has 298 valence electrons. The van der Waals surface area contributed by atoms with Gasteiger partial charge in [0.1, 0.15) is 17.4 Å². The molecule has 3 aromatic carbocycles. The van der Waals surface area contributed by atoms with Gasteiger partial charge < -0.3 is 14.4 Å². The third kappa shape index (κ3) is 7.50. The lowest BCUT2D eigenvalue weighted by molar-refractivity contribution is 0.113. The molecular formula is C42H38F2N6O6S2. The second-order valence-corrected chi connectivity index (χ2v) is 15.6. The Morgan fingerprint density at radius 3 is 2.16 bits per heavy atom. The number of aromatic amines is 2. The average molecular weight is 825 g/mol. The van der Waals surface area contributed by atoms with Crippen LogP contribution in [0.3, 0.4) is 0 Å². The quantitative estimate of drug-likeness (QED) is 0.0849. The molecule has 8 rings (SSSR count). The highest BCUT2D eigenvalue weighted by Gasteiger charge is 2.36. The number of nitrogens with zero attached hydrogens (tertiary/aromatic N) is 4. The summed E-state index contributed by atoms with van der Waals surface area (Å²) < 4.78 is 37.7. The topological polar surface area (TPSA) is 147 Å². The van der Waals surface area contributed by atoms with Crippen LogP contribution in [0.15, 0.2) is 109 Å². The summed E-state index contributed by atoms with van der Waals surface area (Å²) in [5.74, 6) is -1.90. The van der Waals surface area contributed by atoms with E-state index in [2.05, 4.69) is 14.9 Å². The fourth-order valence-corrected chi connectivity index (χ4v) is 9.09. The molecular weight excluding hydrogens is 787 g/mol. The van der Waals surface area contributed by atoms with Gasteiger partial charge in [0, 0.05) is 49.4 Å². The van der Waals surface area contributed by atoms with E-state index < -0.39 is 40.2 Å². The van der Waals surface area contributed by atoms with Crippen LogP contribution in [0.5, 0.6) is 11.6 Å². The summed E-state index contributed by atoms with van der Waals surface area (Å²) in [5.41, 5.74) is 0.396. The molecule has 2 aliphatic rings. The van der Waals surface area contributed by atoms with Crippen molar-refractivity contribution in [2.24, 2.45) is 5.92 Å². The van der Waals surface area contributed by atoms with Gasteiger partial charge in [0.2, 0.25) is 5.88 Å². The minimum Gasteiger partial charge on any atom is -0.496 e. The molecule has 0 saturated carbocycles. The molecule has 0 amide bonds. The Hall–Kier alpha value is -5.84. The first-order chi connectivity index (χ1) is 27.9. The minimum atomic E-state index is -1.33. The van der Waals surface area contributed by atoms with Gasteiger partial charge in [0.25, 0.3) is 16.7 Å². The van der Waals surface area contributed by atoms with Crippen LogP contribution in [0.25, 0.3) is 0 Å². The van der Waals surface area contributed by atoms with E-state index in [1.807, 2.05) is 10.6 Å². The lowest BCUT2D eigenvalue weighted by Gasteiger charge is -2.43. The Morgan fingerprint density at radius 1 is 0.828 bits per heavy atom. The third-order valence-corrected chi connectivity index (χ3v) is 11.9. The van der Waals surface area contributed by atoms with Gasteiger partial charge in [-0.3, -0.25) is 38.4 Å². The van der Waals surface area contributed by atoms with Crippen LogP contribution in [-0.4, -0.2) is 53.9 Å². The highest BCUT2D eigenvalue weighted by Crippen LogP contribution is 2.40. The first kappa shape index (κ1) is 39.0. The zero-order valence-electron chi connectivity index (χ0n) is 31.2. The molecule has 12 nitrogen and oxygen atoms in total. The number of nitrogens with one attached hydrogen (secondary N) is 2. The van der Waals surface area contributed by atoms with Crippen molar-refractivity contribution in [1.82, 2.24) is 28.6 Å². The summed E-state index contributed by atoms with van der Waals surface area (Å²) in [6.45, 7) is 2.26. The van der Waals surface area contributed by atoms with Gasteiger partial charge in [-0.15, -0.1) is 12.6 Å². The lowest BCUT2D eigenvalue weighted by Crippen LogP contribution is -2.46. The molecule has 3 aromatic heterocycles. The monoisotopic (exact) mass is 824 g/mol. The van der Waals surface area contributed by atoms with Gasteiger partial charge in [-0.1, -0.05) is 36.4 Å². The molecule has 5 heterocycles. The van der Waals surface area contributed by atoms with E-state index in [0.29, 0.717) is 48.6 Å². The van der Waals surface area contributed by atoms with E-state index >= 15 is 0 Å². The molecule has 0 spiro atoms. The normalized spacial score (nSPS) is 16.8. The van der Waals surface area contributed by atoms with Gasteiger partial charge in [-0.05, 0) is 83.7 Å². The maximum absolute atomic E-state index is 14.1. The summed E-state index contributed by atoms with van der Waals surface area (Å²) in [6.07, 6.45) is 0.957. The van der Waals surface area contributed by atoms with Crippen LogP contribution in [0.1, 0.15) is 57.3 Å². The smallest absolute Gasteiger partial charge is 0.329 e. The maximum Gasteiger partial charge on any atom is 0.329 e. The van der Waals surface area contributed by atoms with Crippen LogP contribution in [0, 0.1) is 22.3 Å². The first-order valence-electron chi connectivity index (χ1n) is 18.6. The zero-order valence-corrected chi connectivity index (χ0v) is 32.9. The van der Waals surface area contributed by atoms with Crippen molar-refractivity contribution in [2.45, 2.75) is 49.5 Å². The number of ether oxygens (including phenoxy) is 1. The van der Waals surface area contributed by atoms with Crippen LogP contribution >= 0.6 is 24.8 Å². The van der Waals surface area contributed by atoms with E-state index in [1.54, 1.807) is 37.4 Å². The Kier molecular flexibility index (Phi) is 10.6. The van der Waals surface area contributed by atoms with Crippen molar-refractivity contribution in [1.29, 1.82) is 0 Å². The van der Waals surface area contributed by atoms with Gasteiger partial charge in [-0.2, -0.15) is 0 Å². The maximum atomic E-state index is 14.1. The first-order valence-corrected chi connectivity index (χ1v) is 19.4. The summed E-state index contributed by atoms with van der Waals surface area (Å²) in [4.78, 5) is 61.5. The van der Waals surface area contributed by atoms with Crippen molar-refractivity contribution >= 4 is 24.8 Å². The Balaban J connectivity index is 1.28. The molecule has 58 heavy (non-hydrogen) atoms. The fourth-order valence-electron chi connectivity index (χ4n) is 8.45. The van der Waals surface area contributed by atoms with Crippen molar-refractivity contribution < 1.29 is 18.6 Å². The van der Waals surface area contributed by atoms with Crippen LogP contribution in [0.2, 0.25) is 0 Å². The largest absolute Gasteiger partial charge is 0.496 e. The number of pyridine rings is 1. The SMILES string of the molecule is COc1ccc([C@H](c2c(S)n(Cc3ccc(F)cc3)c(=O)[nH]c2=O)c2c(O)n(Cc3ccc(F)cc3)c(=S)[nH]c2=O)cc1CN1C[C@@H]2C[C@H](C1)c1cccc(=O)n1C2. The summed E-state index contributed by atoms with van der Waals surface area (Å²) in [5, 5.41) is 12.0. The number of halogens is 2. The molecule has 0 aliphatic carbocycles. The highest BCUT2D eigenvalue weighted by atomic mass is 32.1. The summed E-state index contributed by atoms with van der Waals surface area (Å²) >= 11 is 10.2. The average Bonchev–Trinajstić information content (AvgIpc) is 3.19. The molecule has 0 radical (unpaired) electrons. The molecule has 2 aliphatic heterocycles. The predicted octanol–water partition coefficient (Wildman–Crippen LogP) is 5.09. The van der Waals surface area contributed by atoms with Crippen LogP contribution < -0.4 is 27.1 Å². The number of methoxy groups -OCH3 is 1. The Morgan fingerprint density at radius 2 is 1.48 bits per heavy atom. The molecule has 3 atom stereocenters. The van der Waals surface area contributed by atoms with Crippen molar-refractivity contribution in [3.8, 4) is 11.6 Å². The summed E-state index contributed by atoms with van der Waals surface area (Å²) in [6, 6.07) is 21.6. The fraction of sp³-hybridized carbons (Fsp3) is 0.262. The van der Waals surface area contributed by atoms with E-state index in [-0.39, 0.29) is 51.4 Å². The number of rotatable bonds is 10. The number of aromatic hydroxyl groups is 1. The number of hydrogen-bond donors (Lipinski definition) is 4. The standard InChI is InChI=1S/C42H38F2N6O6S2/c1-56-32-14-9-26(16-28(32)22-47-17-25-15-27(21-47)31-3-2-4-33(51)48(31)20-25)34(35-37(52)46-42(58)49(39(35)54)18-23-5-10-29(43)11-6-23)36-38(53)45-41(55)50(40(36)57)19-24-7-12-30(44)13-8-24/h2-14,16,25,27,34,54,57H,15,17-22H2,1H3,(H,45,53,55)(H,46,52,58)/t25-,27+,34-/m0/s1. The number of likely N-dealkylation sites (tertiary alicyclic amines) is 1. The van der Waals surface area contributed by atoms with Gasteiger partial charge in [0.05, 0.1) is 42.3 Å². The second kappa shape index (κ2) is 15.8. The van der Waals surface area contributed by atoms with Gasteiger partial charge in [-0.25, -0.2) is 13.6 Å². The molecule has 6 aromatic rings. The molecule has 16 heteroatoms. The Bertz CT molecular complexity index is 2730. The number of aromatic nitrogens is 5. The number of piperidine rings is 1. The van der Waals surface area contributed by atoms with Crippen molar-refractivity contribution in [2.75, 3.05) is 20.2 Å². The minimum absolute atomic E-state index is 0.00934. The number of H-pyrrole nitrogens is 2. The second-order valence-electron chi connectivity index (χ2n) is 14.8. The van der Waals surface area contributed by atoms with E-state index in [0.717, 1.165) is 17.7 Å². The van der Waals surface area contributed by atoms with E-state index in [9.17, 15) is 33.1 Å². The lowest BCUT2D eigenvalue weighted by atomic mass is 9.82. The van der Waals surface area contributed by atoms with Crippen molar-refractivity contribution in [3.05, 3.63) is 182 Å². The van der Waals surface area contributed by atoms with E-state index in [4.69, 9.17) is 29.6 Å². The molecule has 3 N–H and O–H groups in total. The van der Waals surface area contributed by atoms with Crippen molar-refractivity contribution in [3.63, 3.8) is 0 Å². The molecule has 2 bridgehead atoms. The predicted molar refractivity (Wildman–Crippen MR) is 218 cm³/mol. The van der Waals surface area contributed by atoms with Gasteiger partial charge >= 0.3 is 5.69 Å². The molecule has 1 fully saturated rings. The zero-order chi connectivity index (χ0) is 40.8. The van der Waals surface area contributed by atoms with Crippen LogP contribution in [-0.2, 0) is 26.2 Å². The highest BCUT2D eigenvalue weighted by molar-refractivity contribution is 7.80. The van der Waals surface area contributed by atoms with E-state index in [1.165, 1.54) is 57.7 Å². The van der Waals surface area contributed by atoms with Crippen LogP contribution in [0.4, 0.5) is 8.78 Å². The molecule has 1 saturated heterocycles. The summed E-state index contributed by atoms with van der Waals surface area (Å²) in [7, 11) is 1.54. The van der Waals surface area contributed by atoms with Gasteiger partial charge in [0.15, 0.2) is 4.77 Å². The molecule has 0 unspecified atom stereocenters. The number of benzene rings is 3.